The molecule has 21 heavy (non-hydrogen) atoms. The van der Waals surface area contributed by atoms with E-state index in [0.29, 0.717) is 6.54 Å². The van der Waals surface area contributed by atoms with Crippen molar-refractivity contribution in [1.29, 1.82) is 0 Å². The van der Waals surface area contributed by atoms with Crippen molar-refractivity contribution < 1.29 is 9.94 Å². The molecule has 0 spiro atoms. The van der Waals surface area contributed by atoms with Gasteiger partial charge in [0.15, 0.2) is 0 Å². The van der Waals surface area contributed by atoms with Gasteiger partial charge in [-0.3, -0.25) is 0 Å². The summed E-state index contributed by atoms with van der Waals surface area (Å²) in [5.74, 6) is 0.130. The minimum atomic E-state index is -0.111. The zero-order valence-electron chi connectivity index (χ0n) is 12.6. The second-order valence-corrected chi connectivity index (χ2v) is 6.04. The molecular weight excluding hydrogens is 266 g/mol. The van der Waals surface area contributed by atoms with Gasteiger partial charge in [-0.05, 0) is 23.8 Å². The third-order valence-corrected chi connectivity index (χ3v) is 4.27. The van der Waals surface area contributed by atoms with Gasteiger partial charge in [0.1, 0.15) is 5.84 Å². The molecule has 0 radical (unpaired) electrons. The Bertz CT molecular complexity index is 456. The summed E-state index contributed by atoms with van der Waals surface area (Å²) < 4.78 is 5.42. The van der Waals surface area contributed by atoms with Crippen molar-refractivity contribution >= 4 is 5.84 Å². The Hall–Kier alpha value is -1.59. The molecule has 1 unspecified atom stereocenters. The summed E-state index contributed by atoms with van der Waals surface area (Å²) in [6.45, 7) is 5.53. The van der Waals surface area contributed by atoms with E-state index in [1.54, 1.807) is 0 Å². The smallest absolute Gasteiger partial charge is 0.147 e. The zero-order chi connectivity index (χ0) is 15.1. The summed E-state index contributed by atoms with van der Waals surface area (Å²) >= 11 is 0. The van der Waals surface area contributed by atoms with Gasteiger partial charge >= 0.3 is 0 Å². The molecule has 2 rings (SSSR count). The van der Waals surface area contributed by atoms with Gasteiger partial charge in [0.2, 0.25) is 0 Å². The molecule has 0 amide bonds. The third kappa shape index (κ3) is 4.44. The topological polar surface area (TPSA) is 79.9 Å². The van der Waals surface area contributed by atoms with Gasteiger partial charge in [-0.2, -0.15) is 0 Å². The van der Waals surface area contributed by atoms with Crippen LogP contribution in [0.15, 0.2) is 35.5 Å². The van der Waals surface area contributed by atoms with Crippen LogP contribution in [-0.4, -0.2) is 37.3 Å². The standard InChI is InChI=1S/C16H25N3O2/c1-16(7-9-21-10-8-16)12-18-11-14(15(17)19-20)13-5-3-2-4-6-13/h2-6,14,18,20H,7-12H2,1H3,(H2,17,19). The van der Waals surface area contributed by atoms with Crippen LogP contribution in [0, 0.1) is 5.41 Å². The van der Waals surface area contributed by atoms with Crippen LogP contribution < -0.4 is 11.1 Å². The van der Waals surface area contributed by atoms with E-state index in [9.17, 15) is 0 Å². The first-order chi connectivity index (χ1) is 10.1. The Kier molecular flexibility index (Phi) is 5.59. The van der Waals surface area contributed by atoms with Crippen molar-refractivity contribution in [3.05, 3.63) is 35.9 Å². The fourth-order valence-electron chi connectivity index (χ4n) is 2.71. The number of benzene rings is 1. The normalized spacial score (nSPS) is 20.1. The third-order valence-electron chi connectivity index (χ3n) is 4.27. The number of ether oxygens (including phenoxy) is 1. The predicted molar refractivity (Wildman–Crippen MR) is 83.6 cm³/mol. The maximum Gasteiger partial charge on any atom is 0.147 e. The van der Waals surface area contributed by atoms with E-state index < -0.39 is 0 Å². The number of nitrogens with one attached hydrogen (secondary N) is 1. The molecule has 1 fully saturated rings. The number of nitrogens with two attached hydrogens (primary N) is 1. The summed E-state index contributed by atoms with van der Waals surface area (Å²) in [5.41, 5.74) is 7.16. The SMILES string of the molecule is CC1(CNCC(/C(N)=N/O)c2ccccc2)CCOCC1. The molecule has 0 saturated carbocycles. The number of hydrogen-bond donors (Lipinski definition) is 3. The largest absolute Gasteiger partial charge is 0.409 e. The van der Waals surface area contributed by atoms with Crippen LogP contribution in [0.25, 0.3) is 0 Å². The Morgan fingerprint density at radius 1 is 1.38 bits per heavy atom. The monoisotopic (exact) mass is 291 g/mol. The minimum Gasteiger partial charge on any atom is -0.409 e. The molecule has 4 N–H and O–H groups in total. The molecule has 116 valence electrons. The molecule has 1 aliphatic rings. The highest BCUT2D eigenvalue weighted by atomic mass is 16.5. The molecule has 1 aliphatic heterocycles. The van der Waals surface area contributed by atoms with E-state index in [1.807, 2.05) is 30.3 Å². The molecule has 0 aliphatic carbocycles. The molecule has 1 atom stereocenters. The Morgan fingerprint density at radius 3 is 2.67 bits per heavy atom. The predicted octanol–water partition coefficient (Wildman–Crippen LogP) is 1.92. The van der Waals surface area contributed by atoms with Crippen molar-refractivity contribution in [2.24, 2.45) is 16.3 Å². The fraction of sp³-hybridized carbons (Fsp3) is 0.562. The Labute approximate surface area is 126 Å². The van der Waals surface area contributed by atoms with Crippen molar-refractivity contribution in [2.75, 3.05) is 26.3 Å². The number of amidine groups is 1. The van der Waals surface area contributed by atoms with Gasteiger partial charge in [0.05, 0.1) is 5.92 Å². The Morgan fingerprint density at radius 2 is 2.05 bits per heavy atom. The molecule has 1 saturated heterocycles. The highest BCUT2D eigenvalue weighted by Gasteiger charge is 2.27. The first-order valence-electron chi connectivity index (χ1n) is 7.45. The minimum absolute atomic E-state index is 0.111. The van der Waals surface area contributed by atoms with Gasteiger partial charge in [-0.15, -0.1) is 0 Å². The van der Waals surface area contributed by atoms with Gasteiger partial charge in [-0.25, -0.2) is 0 Å². The number of oxime groups is 1. The highest BCUT2D eigenvalue weighted by molar-refractivity contribution is 5.87. The van der Waals surface area contributed by atoms with E-state index in [2.05, 4.69) is 17.4 Å². The van der Waals surface area contributed by atoms with Crippen molar-refractivity contribution in [3.8, 4) is 0 Å². The van der Waals surface area contributed by atoms with E-state index in [4.69, 9.17) is 15.7 Å². The summed E-state index contributed by atoms with van der Waals surface area (Å²) in [6.07, 6.45) is 2.14. The van der Waals surface area contributed by atoms with Crippen molar-refractivity contribution in [2.45, 2.75) is 25.7 Å². The molecule has 0 aromatic heterocycles. The van der Waals surface area contributed by atoms with Crippen LogP contribution in [0.1, 0.15) is 31.2 Å². The van der Waals surface area contributed by atoms with Gasteiger partial charge < -0.3 is 21.0 Å². The van der Waals surface area contributed by atoms with E-state index in [1.165, 1.54) is 0 Å². The van der Waals surface area contributed by atoms with Crippen molar-refractivity contribution in [3.63, 3.8) is 0 Å². The summed E-state index contributed by atoms with van der Waals surface area (Å²) in [6, 6.07) is 9.89. The van der Waals surface area contributed by atoms with Crippen LogP contribution >= 0.6 is 0 Å². The first kappa shape index (κ1) is 15.8. The molecule has 5 nitrogen and oxygen atoms in total. The van der Waals surface area contributed by atoms with E-state index in [-0.39, 0.29) is 17.2 Å². The number of rotatable bonds is 6. The van der Waals surface area contributed by atoms with Crippen LogP contribution in [0.5, 0.6) is 0 Å². The molecule has 5 heteroatoms. The Balaban J connectivity index is 1.94. The maximum atomic E-state index is 8.98. The van der Waals surface area contributed by atoms with Crippen LogP contribution in [-0.2, 0) is 4.74 Å². The van der Waals surface area contributed by atoms with E-state index >= 15 is 0 Å². The van der Waals surface area contributed by atoms with Gasteiger partial charge in [0, 0.05) is 26.3 Å². The average molecular weight is 291 g/mol. The molecule has 1 aromatic carbocycles. The quantitative estimate of drug-likeness (QED) is 0.324. The fourth-order valence-corrected chi connectivity index (χ4v) is 2.71. The highest BCUT2D eigenvalue weighted by Crippen LogP contribution is 2.28. The lowest BCUT2D eigenvalue weighted by Gasteiger charge is -2.34. The average Bonchev–Trinajstić information content (AvgIpc) is 2.52. The first-order valence-corrected chi connectivity index (χ1v) is 7.45. The van der Waals surface area contributed by atoms with Crippen LogP contribution in [0.3, 0.4) is 0 Å². The number of hydrogen-bond acceptors (Lipinski definition) is 4. The molecule has 1 aromatic rings. The van der Waals surface area contributed by atoms with E-state index in [0.717, 1.165) is 38.2 Å². The van der Waals surface area contributed by atoms with Crippen molar-refractivity contribution in [1.82, 2.24) is 5.32 Å². The second kappa shape index (κ2) is 7.43. The van der Waals surface area contributed by atoms with Crippen LogP contribution in [0.2, 0.25) is 0 Å². The molecule has 1 heterocycles. The lowest BCUT2D eigenvalue weighted by atomic mass is 9.82. The zero-order valence-corrected chi connectivity index (χ0v) is 12.6. The summed E-state index contributed by atoms with van der Waals surface area (Å²) in [4.78, 5) is 0. The number of nitrogens with zero attached hydrogens (tertiary/aromatic N) is 1. The summed E-state index contributed by atoms with van der Waals surface area (Å²) in [7, 11) is 0. The second-order valence-electron chi connectivity index (χ2n) is 6.04. The van der Waals surface area contributed by atoms with Gasteiger partial charge in [-0.1, -0.05) is 42.4 Å². The maximum absolute atomic E-state index is 8.98. The molecular formula is C16H25N3O2. The lowest BCUT2D eigenvalue weighted by molar-refractivity contribution is 0.0242. The van der Waals surface area contributed by atoms with Gasteiger partial charge in [0.25, 0.3) is 0 Å². The van der Waals surface area contributed by atoms with Crippen LogP contribution in [0.4, 0.5) is 0 Å². The lowest BCUT2D eigenvalue weighted by Crippen LogP contribution is -2.40. The summed E-state index contributed by atoms with van der Waals surface area (Å²) in [5, 5.41) is 15.6. The molecule has 0 bridgehead atoms.